The molecule has 0 N–H and O–H groups in total. The highest BCUT2D eigenvalue weighted by Crippen LogP contribution is 2.11. The minimum atomic E-state index is -0.302. The van der Waals surface area contributed by atoms with E-state index in [0.717, 1.165) is 24.8 Å². The van der Waals surface area contributed by atoms with Gasteiger partial charge in [-0.25, -0.2) is 9.18 Å². The van der Waals surface area contributed by atoms with E-state index in [4.69, 9.17) is 4.74 Å². The van der Waals surface area contributed by atoms with E-state index in [1.807, 2.05) is 4.90 Å². The van der Waals surface area contributed by atoms with E-state index in [-0.39, 0.29) is 17.8 Å². The largest absolute Gasteiger partial charge is 0.450 e. The van der Waals surface area contributed by atoms with Crippen LogP contribution in [0.15, 0.2) is 24.3 Å². The standard InChI is InChI=1S/C18H25FN2O3/c1-2-24-18(23)21-13-11-20(12-14-21)17(22)6-4-3-5-15-7-9-16(19)10-8-15/h7-10H,2-6,11-14H2,1H3. The Kier molecular flexibility index (Phi) is 7.03. The van der Waals surface area contributed by atoms with Gasteiger partial charge in [-0.2, -0.15) is 0 Å². The van der Waals surface area contributed by atoms with Crippen LogP contribution in [-0.2, 0) is 16.0 Å². The average molecular weight is 336 g/mol. The molecule has 0 spiro atoms. The van der Waals surface area contributed by atoms with Crippen molar-refractivity contribution in [1.82, 2.24) is 9.80 Å². The lowest BCUT2D eigenvalue weighted by Gasteiger charge is -2.34. The maximum absolute atomic E-state index is 12.8. The number of amides is 2. The van der Waals surface area contributed by atoms with E-state index >= 15 is 0 Å². The Hall–Kier alpha value is -2.11. The summed E-state index contributed by atoms with van der Waals surface area (Å²) in [6.45, 7) is 4.33. The van der Waals surface area contributed by atoms with E-state index in [9.17, 15) is 14.0 Å². The summed E-state index contributed by atoms with van der Waals surface area (Å²) in [5.74, 6) is -0.0893. The third-order valence-corrected chi connectivity index (χ3v) is 4.18. The van der Waals surface area contributed by atoms with Gasteiger partial charge in [-0.15, -0.1) is 0 Å². The minimum Gasteiger partial charge on any atom is -0.450 e. The van der Waals surface area contributed by atoms with Gasteiger partial charge in [0.05, 0.1) is 6.61 Å². The molecule has 1 saturated heterocycles. The average Bonchev–Trinajstić information content (AvgIpc) is 2.60. The van der Waals surface area contributed by atoms with Gasteiger partial charge in [-0.1, -0.05) is 12.1 Å². The first kappa shape index (κ1) is 18.2. The fourth-order valence-corrected chi connectivity index (χ4v) is 2.77. The second-order valence-electron chi connectivity index (χ2n) is 5.90. The topological polar surface area (TPSA) is 49.9 Å². The fraction of sp³-hybridized carbons (Fsp3) is 0.556. The normalized spacial score (nSPS) is 14.6. The first-order valence-electron chi connectivity index (χ1n) is 8.54. The maximum atomic E-state index is 12.8. The number of carbonyl (C=O) groups is 2. The van der Waals surface area contributed by atoms with Gasteiger partial charge in [-0.3, -0.25) is 4.79 Å². The van der Waals surface area contributed by atoms with Crippen LogP contribution in [0.5, 0.6) is 0 Å². The van der Waals surface area contributed by atoms with Gasteiger partial charge in [0.25, 0.3) is 0 Å². The van der Waals surface area contributed by atoms with E-state index < -0.39 is 0 Å². The zero-order chi connectivity index (χ0) is 17.4. The lowest BCUT2D eigenvalue weighted by molar-refractivity contribution is -0.132. The van der Waals surface area contributed by atoms with Gasteiger partial charge >= 0.3 is 6.09 Å². The highest BCUT2D eigenvalue weighted by atomic mass is 19.1. The van der Waals surface area contributed by atoms with Crippen molar-refractivity contribution < 1.29 is 18.7 Å². The lowest BCUT2D eigenvalue weighted by atomic mass is 10.1. The molecule has 0 saturated carbocycles. The summed E-state index contributed by atoms with van der Waals surface area (Å²) in [4.78, 5) is 27.3. The molecular weight excluding hydrogens is 311 g/mol. The Bertz CT molecular complexity index is 540. The monoisotopic (exact) mass is 336 g/mol. The number of ether oxygens (including phenoxy) is 1. The Morgan fingerprint density at radius 3 is 2.29 bits per heavy atom. The Balaban J connectivity index is 1.63. The molecule has 0 aliphatic carbocycles. The molecule has 1 aliphatic heterocycles. The van der Waals surface area contributed by atoms with Gasteiger partial charge < -0.3 is 14.5 Å². The third-order valence-electron chi connectivity index (χ3n) is 4.18. The van der Waals surface area contributed by atoms with Gasteiger partial charge in [0.15, 0.2) is 0 Å². The minimum absolute atomic E-state index is 0.137. The molecule has 1 aliphatic rings. The van der Waals surface area contributed by atoms with Crippen molar-refractivity contribution in [3.63, 3.8) is 0 Å². The Labute approximate surface area is 142 Å². The first-order chi connectivity index (χ1) is 11.6. The number of hydrogen-bond acceptors (Lipinski definition) is 3. The summed E-state index contributed by atoms with van der Waals surface area (Å²) in [6, 6.07) is 6.49. The van der Waals surface area contributed by atoms with Crippen LogP contribution in [0.4, 0.5) is 9.18 Å². The van der Waals surface area contributed by atoms with Gasteiger partial charge in [0.1, 0.15) is 5.82 Å². The van der Waals surface area contributed by atoms with Gasteiger partial charge in [0, 0.05) is 32.6 Å². The molecule has 1 aromatic rings. The number of halogens is 1. The van der Waals surface area contributed by atoms with Crippen molar-refractivity contribution in [3.8, 4) is 0 Å². The van der Waals surface area contributed by atoms with Crippen LogP contribution in [0.2, 0.25) is 0 Å². The van der Waals surface area contributed by atoms with Crippen molar-refractivity contribution in [3.05, 3.63) is 35.6 Å². The molecule has 132 valence electrons. The highest BCUT2D eigenvalue weighted by Gasteiger charge is 2.24. The van der Waals surface area contributed by atoms with Crippen molar-refractivity contribution in [2.24, 2.45) is 0 Å². The molecule has 0 aromatic heterocycles. The van der Waals surface area contributed by atoms with Crippen molar-refractivity contribution in [1.29, 1.82) is 0 Å². The van der Waals surface area contributed by atoms with Gasteiger partial charge in [-0.05, 0) is 43.9 Å². The van der Waals surface area contributed by atoms with Crippen LogP contribution >= 0.6 is 0 Å². The zero-order valence-electron chi connectivity index (χ0n) is 14.2. The second-order valence-corrected chi connectivity index (χ2v) is 5.90. The number of unbranched alkanes of at least 4 members (excludes halogenated alkanes) is 1. The molecule has 2 amide bonds. The van der Waals surface area contributed by atoms with Crippen molar-refractivity contribution in [2.75, 3.05) is 32.8 Å². The molecule has 5 nitrogen and oxygen atoms in total. The number of nitrogens with zero attached hydrogens (tertiary/aromatic N) is 2. The van der Waals surface area contributed by atoms with Crippen LogP contribution in [0.25, 0.3) is 0 Å². The SMILES string of the molecule is CCOC(=O)N1CCN(C(=O)CCCCc2ccc(F)cc2)CC1. The van der Waals surface area contributed by atoms with Crippen LogP contribution in [0.1, 0.15) is 31.7 Å². The summed E-state index contributed by atoms with van der Waals surface area (Å²) in [5.41, 5.74) is 1.09. The molecule has 6 heteroatoms. The van der Waals surface area contributed by atoms with E-state index in [0.29, 0.717) is 39.2 Å². The predicted molar refractivity (Wildman–Crippen MR) is 89.1 cm³/mol. The summed E-state index contributed by atoms with van der Waals surface area (Å²) in [5, 5.41) is 0. The maximum Gasteiger partial charge on any atom is 0.409 e. The molecule has 24 heavy (non-hydrogen) atoms. The third kappa shape index (κ3) is 5.51. The molecule has 1 heterocycles. The number of aryl methyl sites for hydroxylation is 1. The second kappa shape index (κ2) is 9.25. The number of rotatable bonds is 6. The predicted octanol–water partition coefficient (Wildman–Crippen LogP) is 2.84. The van der Waals surface area contributed by atoms with Crippen molar-refractivity contribution in [2.45, 2.75) is 32.6 Å². The summed E-state index contributed by atoms with van der Waals surface area (Å²) >= 11 is 0. The number of piperazine rings is 1. The van der Waals surface area contributed by atoms with E-state index in [2.05, 4.69) is 0 Å². The summed E-state index contributed by atoms with van der Waals surface area (Å²) in [6.07, 6.45) is 2.78. The Morgan fingerprint density at radius 1 is 1.04 bits per heavy atom. The molecule has 0 radical (unpaired) electrons. The molecule has 0 bridgehead atoms. The summed E-state index contributed by atoms with van der Waals surface area (Å²) in [7, 11) is 0. The first-order valence-corrected chi connectivity index (χ1v) is 8.54. The van der Waals surface area contributed by atoms with E-state index in [1.165, 1.54) is 12.1 Å². The number of carbonyl (C=O) groups excluding carboxylic acids is 2. The molecule has 2 rings (SSSR count). The number of hydrogen-bond donors (Lipinski definition) is 0. The van der Waals surface area contributed by atoms with Crippen LogP contribution in [0, 0.1) is 5.82 Å². The molecule has 0 unspecified atom stereocenters. The molecular formula is C18H25FN2O3. The molecule has 1 aromatic carbocycles. The molecule has 0 atom stereocenters. The highest BCUT2D eigenvalue weighted by molar-refractivity contribution is 5.76. The smallest absolute Gasteiger partial charge is 0.409 e. The van der Waals surface area contributed by atoms with Gasteiger partial charge in [0.2, 0.25) is 5.91 Å². The van der Waals surface area contributed by atoms with Crippen LogP contribution in [-0.4, -0.2) is 54.6 Å². The fourth-order valence-electron chi connectivity index (χ4n) is 2.77. The lowest BCUT2D eigenvalue weighted by Crippen LogP contribution is -2.50. The Morgan fingerprint density at radius 2 is 1.67 bits per heavy atom. The quantitative estimate of drug-likeness (QED) is 0.751. The van der Waals surface area contributed by atoms with Crippen LogP contribution < -0.4 is 0 Å². The summed E-state index contributed by atoms with van der Waals surface area (Å²) < 4.78 is 17.8. The van der Waals surface area contributed by atoms with E-state index in [1.54, 1.807) is 24.0 Å². The molecule has 1 fully saturated rings. The van der Waals surface area contributed by atoms with Crippen molar-refractivity contribution >= 4 is 12.0 Å². The zero-order valence-corrected chi connectivity index (χ0v) is 14.2. The van der Waals surface area contributed by atoms with Crippen LogP contribution in [0.3, 0.4) is 0 Å². The number of benzene rings is 1.